The summed E-state index contributed by atoms with van der Waals surface area (Å²) in [6, 6.07) is 46.2. The van der Waals surface area contributed by atoms with Gasteiger partial charge in [-0.25, -0.2) is 0 Å². The number of rotatable bonds is 4. The SMILES string of the molecule is Cc1ccc(-c2cccc3c2C=C2[CH]3[Hf]([CH3])([CH3])[CH]3C(=Cc4c(-c5ccc(C)c(-c6ccccc6)c5C)cccc43)C23CCCC3)c(C)c1-c1ccccc1. The van der Waals surface area contributed by atoms with E-state index in [4.69, 9.17) is 0 Å². The van der Waals surface area contributed by atoms with Crippen molar-refractivity contribution < 1.29 is 20.0 Å². The molecule has 0 nitrogen and oxygen atoms in total. The Morgan fingerprint density at radius 2 is 0.889 bits per heavy atom. The zero-order chi connectivity index (χ0) is 36.9. The Hall–Kier alpha value is -4.33. The van der Waals surface area contributed by atoms with Crippen LogP contribution in [-0.4, -0.2) is 0 Å². The predicted molar refractivity (Wildman–Crippen MR) is 228 cm³/mol. The van der Waals surface area contributed by atoms with Crippen LogP contribution in [0, 0.1) is 33.1 Å². The molecule has 0 radical (unpaired) electrons. The summed E-state index contributed by atoms with van der Waals surface area (Å²) < 4.78 is 6.83. The van der Waals surface area contributed by atoms with E-state index in [9.17, 15) is 0 Å². The molecule has 1 heteroatoms. The number of fused-ring (bicyclic) bond motifs is 8. The third-order valence-electron chi connectivity index (χ3n) is 14.2. The minimum absolute atomic E-state index is 0.159. The Balaban J connectivity index is 1.15. The Bertz CT molecular complexity index is 2380. The Morgan fingerprint density at radius 3 is 1.31 bits per heavy atom. The van der Waals surface area contributed by atoms with Crippen molar-refractivity contribution in [3.63, 3.8) is 0 Å². The summed E-state index contributed by atoms with van der Waals surface area (Å²) in [6.07, 6.45) is 10.7. The van der Waals surface area contributed by atoms with Gasteiger partial charge in [0, 0.05) is 0 Å². The van der Waals surface area contributed by atoms with Crippen molar-refractivity contribution in [2.24, 2.45) is 5.41 Å². The van der Waals surface area contributed by atoms with Crippen LogP contribution in [0.2, 0.25) is 9.36 Å². The molecule has 2 atom stereocenters. The first kappa shape index (κ1) is 34.2. The van der Waals surface area contributed by atoms with Gasteiger partial charge < -0.3 is 0 Å². The van der Waals surface area contributed by atoms with Crippen molar-refractivity contribution in [2.45, 2.75) is 70.1 Å². The molecule has 10 rings (SSSR count). The van der Waals surface area contributed by atoms with Crippen molar-refractivity contribution >= 4 is 12.2 Å². The predicted octanol–water partition coefficient (Wildman–Crippen LogP) is 15.0. The Labute approximate surface area is 327 Å². The van der Waals surface area contributed by atoms with Crippen LogP contribution in [0.5, 0.6) is 0 Å². The molecule has 2 fully saturated rings. The molecule has 54 heavy (non-hydrogen) atoms. The van der Waals surface area contributed by atoms with E-state index >= 15 is 0 Å². The summed E-state index contributed by atoms with van der Waals surface area (Å²) in [5.74, 6) is 0. The molecule has 2 unspecified atom stereocenters. The van der Waals surface area contributed by atoms with Crippen molar-refractivity contribution in [2.75, 3.05) is 0 Å². The van der Waals surface area contributed by atoms with E-state index in [0.29, 0.717) is 7.35 Å². The van der Waals surface area contributed by atoms with Crippen LogP contribution in [0.15, 0.2) is 132 Å². The van der Waals surface area contributed by atoms with Crippen LogP contribution in [-0.2, 0) is 20.0 Å². The molecule has 6 aromatic rings. The number of aryl methyl sites for hydroxylation is 2. The van der Waals surface area contributed by atoms with E-state index in [1.165, 1.54) is 104 Å². The average molecular weight is 865 g/mol. The molecular weight excluding hydrogens is 815 g/mol. The molecule has 1 spiro atoms. The summed E-state index contributed by atoms with van der Waals surface area (Å²) in [5.41, 5.74) is 26.5. The van der Waals surface area contributed by atoms with E-state index in [2.05, 4.69) is 171 Å². The van der Waals surface area contributed by atoms with Gasteiger partial charge in [-0.3, -0.25) is 0 Å². The molecule has 4 aliphatic rings. The fourth-order valence-corrected chi connectivity index (χ4v) is 29.1. The van der Waals surface area contributed by atoms with E-state index < -0.39 is 20.0 Å². The van der Waals surface area contributed by atoms with Crippen LogP contribution < -0.4 is 0 Å². The normalized spacial score (nSPS) is 19.9. The number of allylic oxidation sites excluding steroid dienone is 2. The van der Waals surface area contributed by atoms with E-state index in [0.717, 1.165) is 0 Å². The number of hydrogen-bond acceptors (Lipinski definition) is 0. The fraction of sp³-hybridized carbons (Fsp3) is 0.245. The van der Waals surface area contributed by atoms with Crippen LogP contribution >= 0.6 is 0 Å². The molecule has 1 aliphatic heterocycles. The molecule has 1 saturated heterocycles. The van der Waals surface area contributed by atoms with Gasteiger partial charge in [0.25, 0.3) is 0 Å². The van der Waals surface area contributed by atoms with Crippen molar-refractivity contribution in [3.8, 4) is 44.5 Å². The molecule has 0 bridgehead atoms. The van der Waals surface area contributed by atoms with Crippen LogP contribution in [0.3, 0.4) is 0 Å². The van der Waals surface area contributed by atoms with Gasteiger partial charge in [0.15, 0.2) is 0 Å². The molecule has 1 heterocycles. The van der Waals surface area contributed by atoms with E-state index in [1.807, 2.05) is 0 Å². The van der Waals surface area contributed by atoms with Gasteiger partial charge in [0.2, 0.25) is 0 Å². The van der Waals surface area contributed by atoms with Gasteiger partial charge in [0.05, 0.1) is 0 Å². The molecular formula is C53H50Hf. The van der Waals surface area contributed by atoms with Crippen LogP contribution in [0.4, 0.5) is 0 Å². The van der Waals surface area contributed by atoms with Crippen molar-refractivity contribution in [1.82, 2.24) is 0 Å². The van der Waals surface area contributed by atoms with E-state index in [-0.39, 0.29) is 5.41 Å². The molecule has 3 aliphatic carbocycles. The third-order valence-corrected chi connectivity index (χ3v) is 29.4. The van der Waals surface area contributed by atoms with Crippen molar-refractivity contribution in [1.29, 1.82) is 0 Å². The van der Waals surface area contributed by atoms with Gasteiger partial charge >= 0.3 is 329 Å². The Morgan fingerprint density at radius 1 is 0.463 bits per heavy atom. The topological polar surface area (TPSA) is 0 Å². The first-order valence-corrected chi connectivity index (χ1v) is 31.6. The van der Waals surface area contributed by atoms with E-state index in [1.54, 1.807) is 22.3 Å². The second-order valence-corrected chi connectivity index (χ2v) is 34.6. The minimum atomic E-state index is -3.21. The van der Waals surface area contributed by atoms with Gasteiger partial charge in [-0.05, 0) is 0 Å². The molecule has 0 N–H and O–H groups in total. The summed E-state index contributed by atoms with van der Waals surface area (Å²) >= 11 is -3.21. The summed E-state index contributed by atoms with van der Waals surface area (Å²) in [4.78, 5) is 0. The molecule has 1 saturated carbocycles. The zero-order valence-corrected chi connectivity index (χ0v) is 36.3. The average Bonchev–Trinajstić information content (AvgIpc) is 3.93. The first-order chi connectivity index (χ1) is 26.2. The summed E-state index contributed by atoms with van der Waals surface area (Å²) in [7, 11) is 0. The molecule has 0 aromatic heterocycles. The maximum atomic E-state index is 2.81. The van der Waals surface area contributed by atoms with Gasteiger partial charge in [-0.2, -0.15) is 0 Å². The van der Waals surface area contributed by atoms with Crippen LogP contribution in [0.25, 0.3) is 56.7 Å². The van der Waals surface area contributed by atoms with Gasteiger partial charge in [-0.1, -0.05) is 0 Å². The summed E-state index contributed by atoms with van der Waals surface area (Å²) in [5, 5.41) is 0. The quantitative estimate of drug-likeness (QED) is 0.155. The van der Waals surface area contributed by atoms with Crippen molar-refractivity contribution in [3.05, 3.63) is 177 Å². The second-order valence-electron chi connectivity index (χ2n) is 17.4. The summed E-state index contributed by atoms with van der Waals surface area (Å²) in [6.45, 7) is 9.24. The first-order valence-electron chi connectivity index (χ1n) is 20.2. The number of benzene rings is 6. The molecule has 6 aromatic carbocycles. The second kappa shape index (κ2) is 12.6. The zero-order valence-electron chi connectivity index (χ0n) is 32.7. The molecule has 0 amide bonds. The fourth-order valence-electron chi connectivity index (χ4n) is 12.0. The number of hydrogen-bond donors (Lipinski definition) is 0. The van der Waals surface area contributed by atoms with Crippen LogP contribution in [0.1, 0.15) is 77.5 Å². The maximum absolute atomic E-state index is 3.21. The Kier molecular flexibility index (Phi) is 7.98. The standard InChI is InChI=1S/C51H44.2CH3.Hf/c1-33-23-25-43(35(3)49(33)37-15-7-5-8-16-37)45-21-13-19-39-29-41(31-47(39)45)51(27-11-12-28-51)42-30-40-20-14-22-46(48(40)32-42)44-26-24-34(2)50(36(44)4)38-17-9-6-10-18-38;;;/h5-10,13-26,29-32H,11-12,27-28H2,1-4H3;2*1H3;. The van der Waals surface area contributed by atoms with Gasteiger partial charge in [0.1, 0.15) is 0 Å². The van der Waals surface area contributed by atoms with Gasteiger partial charge in [-0.15, -0.1) is 0 Å². The monoisotopic (exact) mass is 866 g/mol. The molecule has 266 valence electrons. The third kappa shape index (κ3) is 4.83.